The van der Waals surface area contributed by atoms with Crippen molar-refractivity contribution in [2.75, 3.05) is 5.75 Å². The van der Waals surface area contributed by atoms with E-state index in [4.69, 9.17) is 0 Å². The average molecular weight is 287 g/mol. The van der Waals surface area contributed by atoms with E-state index in [1.165, 1.54) is 17.3 Å². The van der Waals surface area contributed by atoms with Crippen LogP contribution in [-0.4, -0.2) is 21.8 Å². The standard InChI is InChI=1S/C16H17NO2S/c1-11-10-12(2)17-15(14(11)16(18)19)20-9-8-13-6-4-3-5-7-13/h3-7,10H,8-9H2,1-2H3,(H,18,19). The summed E-state index contributed by atoms with van der Waals surface area (Å²) in [6, 6.07) is 12.0. The Morgan fingerprint density at radius 1 is 1.25 bits per heavy atom. The largest absolute Gasteiger partial charge is 0.478 e. The van der Waals surface area contributed by atoms with Gasteiger partial charge in [0.2, 0.25) is 0 Å². The fourth-order valence-corrected chi connectivity index (χ4v) is 3.21. The Balaban J connectivity index is 2.11. The first kappa shape index (κ1) is 14.6. The molecule has 1 aromatic heterocycles. The number of aromatic nitrogens is 1. The molecular weight excluding hydrogens is 270 g/mol. The van der Waals surface area contributed by atoms with E-state index in [1.54, 1.807) is 0 Å². The number of thioether (sulfide) groups is 1. The Labute approximate surface area is 123 Å². The molecule has 0 spiro atoms. The summed E-state index contributed by atoms with van der Waals surface area (Å²) in [6.45, 7) is 3.71. The molecular formula is C16H17NO2S. The molecule has 2 rings (SSSR count). The first-order chi connectivity index (χ1) is 9.58. The topological polar surface area (TPSA) is 50.2 Å². The van der Waals surface area contributed by atoms with E-state index >= 15 is 0 Å². The van der Waals surface area contributed by atoms with E-state index in [9.17, 15) is 9.90 Å². The molecule has 0 atom stereocenters. The van der Waals surface area contributed by atoms with Gasteiger partial charge in [0.25, 0.3) is 0 Å². The zero-order valence-corrected chi connectivity index (χ0v) is 12.4. The van der Waals surface area contributed by atoms with Gasteiger partial charge in [-0.2, -0.15) is 0 Å². The summed E-state index contributed by atoms with van der Waals surface area (Å²) >= 11 is 1.51. The number of carboxylic acid groups (broad SMARTS) is 1. The number of aryl methyl sites for hydroxylation is 3. The van der Waals surface area contributed by atoms with Crippen molar-refractivity contribution in [3.63, 3.8) is 0 Å². The summed E-state index contributed by atoms with van der Waals surface area (Å²) in [6.07, 6.45) is 0.902. The van der Waals surface area contributed by atoms with Crippen LogP contribution in [0.5, 0.6) is 0 Å². The molecule has 104 valence electrons. The molecule has 0 radical (unpaired) electrons. The van der Waals surface area contributed by atoms with Gasteiger partial charge in [0.15, 0.2) is 0 Å². The second kappa shape index (κ2) is 6.57. The van der Waals surface area contributed by atoms with Crippen LogP contribution < -0.4 is 0 Å². The molecule has 0 fully saturated rings. The smallest absolute Gasteiger partial charge is 0.338 e. The van der Waals surface area contributed by atoms with E-state index in [2.05, 4.69) is 17.1 Å². The third kappa shape index (κ3) is 3.61. The highest BCUT2D eigenvalue weighted by atomic mass is 32.2. The second-order valence-corrected chi connectivity index (χ2v) is 5.73. The lowest BCUT2D eigenvalue weighted by Crippen LogP contribution is -2.06. The maximum atomic E-state index is 11.3. The third-order valence-corrected chi connectivity index (χ3v) is 3.97. The number of benzene rings is 1. The molecule has 3 nitrogen and oxygen atoms in total. The average Bonchev–Trinajstić information content (AvgIpc) is 2.38. The van der Waals surface area contributed by atoms with Crippen LogP contribution in [0.2, 0.25) is 0 Å². The lowest BCUT2D eigenvalue weighted by molar-refractivity contribution is 0.0691. The molecule has 4 heteroatoms. The Bertz CT molecular complexity index is 611. The van der Waals surface area contributed by atoms with Gasteiger partial charge < -0.3 is 5.11 Å². The summed E-state index contributed by atoms with van der Waals surface area (Å²) in [7, 11) is 0. The Morgan fingerprint density at radius 2 is 1.95 bits per heavy atom. The van der Waals surface area contributed by atoms with Crippen LogP contribution in [0.1, 0.15) is 27.2 Å². The molecule has 0 aliphatic carbocycles. The van der Waals surface area contributed by atoms with Crippen molar-refractivity contribution in [1.29, 1.82) is 0 Å². The SMILES string of the molecule is Cc1cc(C)c(C(=O)O)c(SCCc2ccccc2)n1. The van der Waals surface area contributed by atoms with Crippen LogP contribution >= 0.6 is 11.8 Å². The number of rotatable bonds is 5. The predicted octanol–water partition coefficient (Wildman–Crippen LogP) is 3.73. The predicted molar refractivity (Wildman–Crippen MR) is 81.5 cm³/mol. The van der Waals surface area contributed by atoms with Gasteiger partial charge in [-0.1, -0.05) is 30.3 Å². The summed E-state index contributed by atoms with van der Waals surface area (Å²) in [5, 5.41) is 9.92. The molecule has 0 aliphatic rings. The molecule has 0 amide bonds. The van der Waals surface area contributed by atoms with E-state index in [1.807, 2.05) is 38.1 Å². The van der Waals surface area contributed by atoms with Crippen LogP contribution in [0.4, 0.5) is 0 Å². The summed E-state index contributed by atoms with van der Waals surface area (Å²) in [4.78, 5) is 15.7. The van der Waals surface area contributed by atoms with E-state index in [0.29, 0.717) is 10.6 Å². The van der Waals surface area contributed by atoms with Crippen LogP contribution in [0.3, 0.4) is 0 Å². The maximum absolute atomic E-state index is 11.3. The number of carbonyl (C=O) groups is 1. The van der Waals surface area contributed by atoms with Gasteiger partial charge in [0.05, 0.1) is 5.56 Å². The zero-order chi connectivity index (χ0) is 14.5. The van der Waals surface area contributed by atoms with Crippen LogP contribution in [0.15, 0.2) is 41.4 Å². The van der Waals surface area contributed by atoms with E-state index < -0.39 is 5.97 Å². The fraction of sp³-hybridized carbons (Fsp3) is 0.250. The van der Waals surface area contributed by atoms with Gasteiger partial charge in [-0.05, 0) is 37.5 Å². The lowest BCUT2D eigenvalue weighted by Gasteiger charge is -2.09. The Morgan fingerprint density at radius 3 is 2.60 bits per heavy atom. The highest BCUT2D eigenvalue weighted by Crippen LogP contribution is 2.25. The van der Waals surface area contributed by atoms with Crippen molar-refractivity contribution < 1.29 is 9.90 Å². The normalized spacial score (nSPS) is 10.5. The monoisotopic (exact) mass is 287 g/mol. The molecule has 0 aliphatic heterocycles. The van der Waals surface area contributed by atoms with Crippen LogP contribution in [-0.2, 0) is 6.42 Å². The van der Waals surface area contributed by atoms with Crippen molar-refractivity contribution in [3.05, 3.63) is 58.8 Å². The first-order valence-corrected chi connectivity index (χ1v) is 7.44. The minimum atomic E-state index is -0.905. The molecule has 20 heavy (non-hydrogen) atoms. The molecule has 0 bridgehead atoms. The molecule has 1 N–H and O–H groups in total. The number of hydrogen-bond donors (Lipinski definition) is 1. The van der Waals surface area contributed by atoms with Crippen molar-refractivity contribution >= 4 is 17.7 Å². The quantitative estimate of drug-likeness (QED) is 0.851. The molecule has 1 aromatic carbocycles. The lowest BCUT2D eigenvalue weighted by atomic mass is 10.1. The number of nitrogens with zero attached hydrogens (tertiary/aromatic N) is 1. The molecule has 1 heterocycles. The summed E-state index contributed by atoms with van der Waals surface area (Å²) in [5.74, 6) is -0.0857. The van der Waals surface area contributed by atoms with Gasteiger partial charge in [-0.15, -0.1) is 11.8 Å². The van der Waals surface area contributed by atoms with Crippen molar-refractivity contribution in [2.24, 2.45) is 0 Å². The van der Waals surface area contributed by atoms with Gasteiger partial charge in [0, 0.05) is 11.4 Å². The van der Waals surface area contributed by atoms with Crippen molar-refractivity contribution in [3.8, 4) is 0 Å². The highest BCUT2D eigenvalue weighted by Gasteiger charge is 2.15. The van der Waals surface area contributed by atoms with Crippen LogP contribution in [0.25, 0.3) is 0 Å². The number of hydrogen-bond acceptors (Lipinski definition) is 3. The highest BCUT2D eigenvalue weighted by molar-refractivity contribution is 7.99. The van der Waals surface area contributed by atoms with Gasteiger partial charge in [-0.3, -0.25) is 0 Å². The Hall–Kier alpha value is -1.81. The number of carboxylic acids is 1. The molecule has 0 unspecified atom stereocenters. The third-order valence-electron chi connectivity index (χ3n) is 3.00. The Kier molecular flexibility index (Phi) is 4.79. The van der Waals surface area contributed by atoms with Crippen molar-refractivity contribution in [2.45, 2.75) is 25.3 Å². The molecule has 2 aromatic rings. The van der Waals surface area contributed by atoms with Crippen LogP contribution in [0, 0.1) is 13.8 Å². The van der Waals surface area contributed by atoms with Crippen molar-refractivity contribution in [1.82, 2.24) is 4.98 Å². The maximum Gasteiger partial charge on any atom is 0.338 e. The fourth-order valence-electron chi connectivity index (χ4n) is 2.08. The summed E-state index contributed by atoms with van der Waals surface area (Å²) < 4.78 is 0. The minimum Gasteiger partial charge on any atom is -0.478 e. The second-order valence-electron chi connectivity index (χ2n) is 4.65. The first-order valence-electron chi connectivity index (χ1n) is 6.46. The number of aromatic carboxylic acids is 1. The molecule has 0 saturated carbocycles. The molecule has 0 saturated heterocycles. The zero-order valence-electron chi connectivity index (χ0n) is 11.6. The summed E-state index contributed by atoms with van der Waals surface area (Å²) in [5.41, 5.74) is 3.21. The van der Waals surface area contributed by atoms with E-state index in [0.717, 1.165) is 23.4 Å². The van der Waals surface area contributed by atoms with Gasteiger partial charge in [0.1, 0.15) is 5.03 Å². The van der Waals surface area contributed by atoms with Gasteiger partial charge in [-0.25, -0.2) is 9.78 Å². The van der Waals surface area contributed by atoms with E-state index in [-0.39, 0.29) is 0 Å². The number of pyridine rings is 1. The van der Waals surface area contributed by atoms with Gasteiger partial charge >= 0.3 is 5.97 Å². The minimum absolute atomic E-state index is 0.327.